The molecule has 0 amide bonds. The van der Waals surface area contributed by atoms with Crippen molar-refractivity contribution < 1.29 is 46.5 Å². The van der Waals surface area contributed by atoms with Gasteiger partial charge in [-0.3, -0.25) is 14.3 Å². The number of unbranched alkanes of at least 4 members (excludes halogenated alkanes) is 11. The maximum Gasteiger partial charge on any atom is 0.522 e. The fraction of sp³-hybridized carbons (Fsp3) is 0.759. The third-order valence-electron chi connectivity index (χ3n) is 5.73. The van der Waals surface area contributed by atoms with Crippen molar-refractivity contribution in [2.75, 3.05) is 26.4 Å². The first-order valence-corrected chi connectivity index (χ1v) is 14.2. The van der Waals surface area contributed by atoms with Gasteiger partial charge in [0.25, 0.3) is 0 Å². The SMILES string of the molecule is C=CCCCCCCOC(=O)C(=CCC(=O)OCCCCCCC)CC(=O)OCCCCCCOC(F)(F)F. The molecule has 0 aromatic heterocycles. The maximum absolute atomic E-state index is 12.6. The number of carbonyl (C=O) groups excluding carboxylic acids is 3. The molecule has 0 aromatic carbocycles. The summed E-state index contributed by atoms with van der Waals surface area (Å²) in [5.41, 5.74) is 0.0378. The Hall–Kier alpha value is -2.36. The average Bonchev–Trinajstić information content (AvgIpc) is 2.88. The molecular weight excluding hydrogens is 517 g/mol. The molecule has 226 valence electrons. The minimum Gasteiger partial charge on any atom is -0.465 e. The molecular formula is C29H47F3O7. The Morgan fingerprint density at radius 1 is 0.692 bits per heavy atom. The fourth-order valence-electron chi connectivity index (χ4n) is 3.52. The van der Waals surface area contributed by atoms with Crippen molar-refractivity contribution in [2.24, 2.45) is 0 Å². The molecule has 0 spiro atoms. The summed E-state index contributed by atoms with van der Waals surface area (Å²) in [6.07, 6.45) is 9.54. The lowest BCUT2D eigenvalue weighted by Gasteiger charge is -2.10. The van der Waals surface area contributed by atoms with Crippen LogP contribution in [-0.2, 0) is 33.3 Å². The van der Waals surface area contributed by atoms with Gasteiger partial charge in [-0.15, -0.1) is 19.8 Å². The molecule has 0 heterocycles. The molecule has 39 heavy (non-hydrogen) atoms. The molecule has 0 radical (unpaired) electrons. The number of hydrogen-bond acceptors (Lipinski definition) is 7. The zero-order valence-electron chi connectivity index (χ0n) is 23.5. The Morgan fingerprint density at radius 2 is 1.21 bits per heavy atom. The second-order valence-electron chi connectivity index (χ2n) is 9.30. The highest BCUT2D eigenvalue weighted by Gasteiger charge is 2.28. The lowest BCUT2D eigenvalue weighted by atomic mass is 10.1. The topological polar surface area (TPSA) is 88.1 Å². The van der Waals surface area contributed by atoms with Crippen molar-refractivity contribution in [1.82, 2.24) is 0 Å². The monoisotopic (exact) mass is 564 g/mol. The Bertz CT molecular complexity index is 705. The third kappa shape index (κ3) is 25.7. The predicted octanol–water partition coefficient (Wildman–Crippen LogP) is 7.53. The summed E-state index contributed by atoms with van der Waals surface area (Å²) in [5.74, 6) is -1.80. The van der Waals surface area contributed by atoms with Crippen molar-refractivity contribution in [3.63, 3.8) is 0 Å². The van der Waals surface area contributed by atoms with Crippen LogP contribution in [0.1, 0.15) is 110 Å². The average molecular weight is 565 g/mol. The van der Waals surface area contributed by atoms with E-state index in [-0.39, 0.29) is 38.0 Å². The Balaban J connectivity index is 4.54. The number of hydrogen-bond donors (Lipinski definition) is 0. The van der Waals surface area contributed by atoms with Gasteiger partial charge < -0.3 is 14.2 Å². The molecule has 0 aliphatic rings. The molecule has 0 saturated heterocycles. The number of halogens is 3. The van der Waals surface area contributed by atoms with E-state index in [0.717, 1.165) is 57.8 Å². The molecule has 7 nitrogen and oxygen atoms in total. The summed E-state index contributed by atoms with van der Waals surface area (Å²) in [4.78, 5) is 37.0. The van der Waals surface area contributed by atoms with Crippen LogP contribution in [0.2, 0.25) is 0 Å². The molecule has 0 aromatic rings. The van der Waals surface area contributed by atoms with Crippen LogP contribution in [0, 0.1) is 0 Å². The summed E-state index contributed by atoms with van der Waals surface area (Å²) in [6.45, 7) is 5.99. The van der Waals surface area contributed by atoms with E-state index < -0.39 is 30.9 Å². The Labute approximate surface area is 231 Å². The number of rotatable bonds is 25. The zero-order valence-corrected chi connectivity index (χ0v) is 23.5. The zero-order chi connectivity index (χ0) is 29.2. The van der Waals surface area contributed by atoms with E-state index in [9.17, 15) is 27.6 Å². The van der Waals surface area contributed by atoms with Crippen molar-refractivity contribution in [3.05, 3.63) is 24.3 Å². The fourth-order valence-corrected chi connectivity index (χ4v) is 3.52. The number of esters is 3. The molecule has 0 saturated carbocycles. The summed E-state index contributed by atoms with van der Waals surface area (Å²) in [5, 5.41) is 0. The number of ether oxygens (including phenoxy) is 4. The van der Waals surface area contributed by atoms with E-state index in [1.165, 1.54) is 6.08 Å². The molecule has 0 rings (SSSR count). The number of carbonyl (C=O) groups is 3. The molecule has 0 aliphatic heterocycles. The van der Waals surface area contributed by atoms with Gasteiger partial charge in [-0.1, -0.05) is 64.0 Å². The van der Waals surface area contributed by atoms with Crippen molar-refractivity contribution in [2.45, 2.75) is 116 Å². The molecule has 0 aliphatic carbocycles. The Kier molecular flexibility index (Phi) is 23.2. The second-order valence-corrected chi connectivity index (χ2v) is 9.30. The summed E-state index contributed by atoms with van der Waals surface area (Å²) < 4.78 is 55.2. The van der Waals surface area contributed by atoms with Gasteiger partial charge in [-0.2, -0.15) is 0 Å². The first-order valence-electron chi connectivity index (χ1n) is 14.2. The van der Waals surface area contributed by atoms with E-state index in [4.69, 9.17) is 14.2 Å². The highest BCUT2D eigenvalue weighted by atomic mass is 19.4. The normalized spacial score (nSPS) is 11.7. The van der Waals surface area contributed by atoms with Gasteiger partial charge in [0.2, 0.25) is 0 Å². The van der Waals surface area contributed by atoms with Crippen LogP contribution in [0.25, 0.3) is 0 Å². The molecule has 0 unspecified atom stereocenters. The highest BCUT2D eigenvalue weighted by molar-refractivity contribution is 5.94. The summed E-state index contributed by atoms with van der Waals surface area (Å²) in [7, 11) is 0. The minimum absolute atomic E-state index is 0.0378. The van der Waals surface area contributed by atoms with E-state index >= 15 is 0 Å². The number of allylic oxidation sites excluding steroid dienone is 1. The molecule has 0 N–H and O–H groups in total. The molecule has 0 bridgehead atoms. The van der Waals surface area contributed by atoms with Gasteiger partial charge in [0.15, 0.2) is 0 Å². The highest BCUT2D eigenvalue weighted by Crippen LogP contribution is 2.17. The lowest BCUT2D eigenvalue weighted by Crippen LogP contribution is -2.16. The van der Waals surface area contributed by atoms with Crippen molar-refractivity contribution in [1.29, 1.82) is 0 Å². The third-order valence-corrected chi connectivity index (χ3v) is 5.73. The van der Waals surface area contributed by atoms with Gasteiger partial charge in [0.1, 0.15) is 0 Å². The lowest BCUT2D eigenvalue weighted by molar-refractivity contribution is -0.324. The van der Waals surface area contributed by atoms with E-state index in [2.05, 4.69) is 18.2 Å². The van der Waals surface area contributed by atoms with Crippen LogP contribution >= 0.6 is 0 Å². The quantitative estimate of drug-likeness (QED) is 0.0372. The Morgan fingerprint density at radius 3 is 1.77 bits per heavy atom. The van der Waals surface area contributed by atoms with Crippen LogP contribution in [0.3, 0.4) is 0 Å². The summed E-state index contributed by atoms with van der Waals surface area (Å²) >= 11 is 0. The maximum atomic E-state index is 12.6. The van der Waals surface area contributed by atoms with Gasteiger partial charge >= 0.3 is 24.3 Å². The van der Waals surface area contributed by atoms with Gasteiger partial charge in [0.05, 0.1) is 39.3 Å². The van der Waals surface area contributed by atoms with Crippen molar-refractivity contribution in [3.8, 4) is 0 Å². The van der Waals surface area contributed by atoms with Crippen LogP contribution < -0.4 is 0 Å². The smallest absolute Gasteiger partial charge is 0.465 e. The summed E-state index contributed by atoms with van der Waals surface area (Å²) in [6, 6.07) is 0. The van der Waals surface area contributed by atoms with Crippen LogP contribution in [0.15, 0.2) is 24.3 Å². The second kappa shape index (κ2) is 24.7. The van der Waals surface area contributed by atoms with Gasteiger partial charge in [-0.05, 0) is 44.9 Å². The van der Waals surface area contributed by atoms with E-state index in [1.54, 1.807) is 0 Å². The van der Waals surface area contributed by atoms with Crippen molar-refractivity contribution >= 4 is 17.9 Å². The molecule has 10 heteroatoms. The van der Waals surface area contributed by atoms with Gasteiger partial charge in [-0.25, -0.2) is 4.79 Å². The molecule has 0 atom stereocenters. The van der Waals surface area contributed by atoms with Crippen LogP contribution in [-0.4, -0.2) is 50.7 Å². The van der Waals surface area contributed by atoms with Gasteiger partial charge in [0, 0.05) is 5.57 Å². The van der Waals surface area contributed by atoms with E-state index in [0.29, 0.717) is 32.3 Å². The first kappa shape index (κ1) is 36.6. The molecule has 0 fully saturated rings. The first-order chi connectivity index (χ1) is 18.7. The standard InChI is InChI=1S/C29H47F3O7/c1-3-5-7-9-11-16-22-38-28(35)25(18-19-26(33)36-20-14-10-8-6-4-2)24-27(34)37-21-15-12-13-17-23-39-29(30,31)32/h3,18H,1,4-17,19-24H2,2H3. The predicted molar refractivity (Wildman–Crippen MR) is 143 cm³/mol. The minimum atomic E-state index is -4.63. The number of alkyl halides is 3. The van der Waals surface area contributed by atoms with E-state index in [1.807, 2.05) is 6.08 Å². The van der Waals surface area contributed by atoms with Crippen LogP contribution in [0.4, 0.5) is 13.2 Å². The largest absolute Gasteiger partial charge is 0.522 e. The van der Waals surface area contributed by atoms with Crippen LogP contribution in [0.5, 0.6) is 0 Å².